The fourth-order valence-corrected chi connectivity index (χ4v) is 8.50. The summed E-state index contributed by atoms with van der Waals surface area (Å²) in [5, 5.41) is 18.1. The molecule has 0 saturated carbocycles. The second-order valence-corrected chi connectivity index (χ2v) is 19.9. The second-order valence-electron chi connectivity index (χ2n) is 19.9. The molecule has 0 aliphatic heterocycles. The average Bonchev–Trinajstić information content (AvgIpc) is 3.27. The zero-order chi connectivity index (χ0) is 47.2. The van der Waals surface area contributed by atoms with Crippen LogP contribution in [0.1, 0.15) is 323 Å². The number of hydrogen-bond donors (Lipinski definition) is 2. The molecule has 0 aromatic carbocycles. The van der Waals surface area contributed by atoms with Crippen molar-refractivity contribution in [1.82, 2.24) is 0 Å². The van der Waals surface area contributed by atoms with Crippen molar-refractivity contribution in [1.29, 1.82) is 0 Å². The number of aliphatic hydroxyl groups is 1. The van der Waals surface area contributed by atoms with Gasteiger partial charge >= 0.3 is 17.9 Å². The van der Waals surface area contributed by atoms with Gasteiger partial charge in [-0.25, -0.2) is 0 Å². The summed E-state index contributed by atoms with van der Waals surface area (Å²) < 4.78 is 10.6. The minimum Gasteiger partial charge on any atom is -0.481 e. The van der Waals surface area contributed by atoms with Gasteiger partial charge < -0.3 is 19.7 Å². The van der Waals surface area contributed by atoms with Crippen molar-refractivity contribution in [3.8, 4) is 0 Å². The van der Waals surface area contributed by atoms with E-state index >= 15 is 0 Å². The first-order chi connectivity index (χ1) is 31.3. The molecule has 0 aliphatic rings. The monoisotopic (exact) mass is 909 g/mol. The average molecular weight is 910 g/mol. The summed E-state index contributed by atoms with van der Waals surface area (Å²) in [5.41, 5.74) is 0. The highest BCUT2D eigenvalue weighted by Gasteiger charge is 2.16. The van der Waals surface area contributed by atoms with Crippen LogP contribution in [-0.2, 0) is 23.9 Å². The lowest BCUT2D eigenvalue weighted by molar-refractivity contribution is -0.161. The Bertz CT molecular complexity index is 937. The molecule has 0 fully saturated rings. The van der Waals surface area contributed by atoms with E-state index in [1.165, 1.54) is 231 Å². The van der Waals surface area contributed by atoms with Gasteiger partial charge in [-0.2, -0.15) is 0 Å². The number of ether oxygens (including phenoxy) is 2. The normalized spacial score (nSPS) is 11.7. The summed E-state index contributed by atoms with van der Waals surface area (Å²) in [4.78, 5) is 34.5. The van der Waals surface area contributed by atoms with Gasteiger partial charge in [0.25, 0.3) is 0 Å². The molecule has 7 heteroatoms. The van der Waals surface area contributed by atoms with Crippen LogP contribution in [0, 0.1) is 5.92 Å². The molecule has 1 atom stereocenters. The van der Waals surface area contributed by atoms with Gasteiger partial charge in [-0.15, -0.1) is 0 Å². The number of carbonyl (C=O) groups excluding carboxylic acids is 2. The zero-order valence-corrected chi connectivity index (χ0v) is 43.5. The van der Waals surface area contributed by atoms with Crippen LogP contribution in [0.3, 0.4) is 0 Å². The summed E-state index contributed by atoms with van der Waals surface area (Å²) in [6.45, 7) is 8.78. The molecule has 64 heavy (non-hydrogen) atoms. The van der Waals surface area contributed by atoms with Crippen LogP contribution in [-0.4, -0.2) is 47.4 Å². The van der Waals surface area contributed by atoms with Gasteiger partial charge in [0.15, 0.2) is 6.10 Å². The lowest BCUT2D eigenvalue weighted by Gasteiger charge is -2.15. The Kier molecular flexibility index (Phi) is 56.1. The molecule has 1 unspecified atom stereocenters. The number of carboxylic acids is 1. The maximum absolute atomic E-state index is 12.1. The largest absolute Gasteiger partial charge is 0.481 e. The Morgan fingerprint density at radius 2 is 0.641 bits per heavy atom. The topological polar surface area (TPSA) is 110 Å². The van der Waals surface area contributed by atoms with Crippen molar-refractivity contribution in [2.45, 2.75) is 329 Å². The van der Waals surface area contributed by atoms with Crippen LogP contribution in [0.5, 0.6) is 0 Å². The lowest BCUT2D eigenvalue weighted by Crippen LogP contribution is -2.28. The van der Waals surface area contributed by atoms with E-state index in [-0.39, 0.29) is 25.2 Å². The third kappa shape index (κ3) is 58.4. The van der Waals surface area contributed by atoms with Gasteiger partial charge in [0.05, 0.1) is 6.61 Å². The van der Waals surface area contributed by atoms with Crippen LogP contribution in [0.15, 0.2) is 0 Å². The Morgan fingerprint density at radius 3 is 0.922 bits per heavy atom. The van der Waals surface area contributed by atoms with Crippen molar-refractivity contribution in [3.63, 3.8) is 0 Å². The smallest absolute Gasteiger partial charge is 0.306 e. The Labute approximate surface area is 398 Å². The van der Waals surface area contributed by atoms with E-state index in [0.717, 1.165) is 50.9 Å². The lowest BCUT2D eigenvalue weighted by atomic mass is 10.0. The predicted octanol–water partition coefficient (Wildman–Crippen LogP) is 18.1. The van der Waals surface area contributed by atoms with Crippen LogP contribution >= 0.6 is 0 Å². The SMILES string of the molecule is CC(C)CCCCCCCCCCCCCCC(=O)O.CCCCCCCCCCCCCCCCCC(=O)OCC(CO)OC(=O)CCCCCCCCCCCCCCCCC. The summed E-state index contributed by atoms with van der Waals surface area (Å²) in [6.07, 6.45) is 56.0. The molecule has 0 radical (unpaired) electrons. The van der Waals surface area contributed by atoms with Crippen LogP contribution in [0.4, 0.5) is 0 Å². The zero-order valence-electron chi connectivity index (χ0n) is 43.5. The molecule has 382 valence electrons. The van der Waals surface area contributed by atoms with Gasteiger partial charge in [0.2, 0.25) is 0 Å². The van der Waals surface area contributed by atoms with E-state index in [4.69, 9.17) is 14.6 Å². The first kappa shape index (κ1) is 64.5. The Balaban J connectivity index is 0. The fraction of sp³-hybridized carbons (Fsp3) is 0.947. The van der Waals surface area contributed by atoms with Crippen molar-refractivity contribution >= 4 is 17.9 Å². The molecule has 0 amide bonds. The number of esters is 2. The molecule has 0 bridgehead atoms. The van der Waals surface area contributed by atoms with Gasteiger partial charge in [-0.1, -0.05) is 285 Å². The second kappa shape index (κ2) is 55.7. The molecule has 0 aromatic rings. The van der Waals surface area contributed by atoms with E-state index in [1.807, 2.05) is 0 Å². The number of unbranched alkanes of at least 4 members (excludes halogenated alkanes) is 39. The quantitative estimate of drug-likeness (QED) is 0.0462. The maximum Gasteiger partial charge on any atom is 0.306 e. The molecule has 0 rings (SSSR count). The Morgan fingerprint density at radius 1 is 0.375 bits per heavy atom. The van der Waals surface area contributed by atoms with E-state index in [1.54, 1.807) is 0 Å². The summed E-state index contributed by atoms with van der Waals surface area (Å²) >= 11 is 0. The molecule has 0 heterocycles. The third-order valence-corrected chi connectivity index (χ3v) is 12.8. The number of aliphatic hydroxyl groups excluding tert-OH is 1. The van der Waals surface area contributed by atoms with Crippen molar-refractivity contribution < 1.29 is 34.1 Å². The van der Waals surface area contributed by atoms with Gasteiger partial charge in [0, 0.05) is 19.3 Å². The molecular formula is C57H112O7. The minimum absolute atomic E-state index is 0.0569. The molecule has 0 aliphatic carbocycles. The highest BCUT2D eigenvalue weighted by Crippen LogP contribution is 2.17. The number of hydrogen-bond acceptors (Lipinski definition) is 6. The van der Waals surface area contributed by atoms with Crippen LogP contribution in [0.2, 0.25) is 0 Å². The molecular weight excluding hydrogens is 797 g/mol. The summed E-state index contributed by atoms with van der Waals surface area (Å²) in [5.74, 6) is -0.363. The number of carboxylic acid groups (broad SMARTS) is 1. The van der Waals surface area contributed by atoms with Crippen LogP contribution < -0.4 is 0 Å². The maximum atomic E-state index is 12.1. The molecule has 0 spiro atoms. The molecule has 0 saturated heterocycles. The van der Waals surface area contributed by atoms with E-state index in [9.17, 15) is 19.5 Å². The van der Waals surface area contributed by atoms with Crippen LogP contribution in [0.25, 0.3) is 0 Å². The predicted molar refractivity (Wildman–Crippen MR) is 274 cm³/mol. The highest BCUT2D eigenvalue weighted by atomic mass is 16.6. The number of aliphatic carboxylic acids is 1. The number of rotatable bonds is 51. The summed E-state index contributed by atoms with van der Waals surface area (Å²) in [6, 6.07) is 0. The van der Waals surface area contributed by atoms with Gasteiger partial charge in [-0.05, 0) is 25.2 Å². The first-order valence-corrected chi connectivity index (χ1v) is 28.4. The standard InChI is InChI=1S/C39H76O5.C18H36O2/c1-3-5-7-9-11-13-15-17-19-21-23-25-27-29-31-33-38(41)43-36-37(35-40)44-39(42)34-32-30-28-26-24-22-20-18-16-14-12-10-8-6-4-2;1-17(2)15-13-11-9-7-5-3-4-6-8-10-12-14-16-18(19)20/h37,40H,3-36H2,1-2H3;17H,3-16H2,1-2H3,(H,19,20). The molecule has 0 aromatic heterocycles. The highest BCUT2D eigenvalue weighted by molar-refractivity contribution is 5.70. The first-order valence-electron chi connectivity index (χ1n) is 28.4. The molecule has 7 nitrogen and oxygen atoms in total. The fourth-order valence-electron chi connectivity index (χ4n) is 8.50. The van der Waals surface area contributed by atoms with E-state index in [0.29, 0.717) is 19.3 Å². The molecule has 2 N–H and O–H groups in total. The van der Waals surface area contributed by atoms with Gasteiger partial charge in [0.1, 0.15) is 6.61 Å². The Hall–Kier alpha value is -1.63. The van der Waals surface area contributed by atoms with Crippen molar-refractivity contribution in [3.05, 3.63) is 0 Å². The third-order valence-electron chi connectivity index (χ3n) is 12.8. The van der Waals surface area contributed by atoms with E-state index in [2.05, 4.69) is 27.7 Å². The van der Waals surface area contributed by atoms with Crippen molar-refractivity contribution in [2.24, 2.45) is 5.92 Å². The van der Waals surface area contributed by atoms with Crippen molar-refractivity contribution in [2.75, 3.05) is 13.2 Å². The number of carbonyl (C=O) groups is 3. The van der Waals surface area contributed by atoms with E-state index < -0.39 is 12.1 Å². The summed E-state index contributed by atoms with van der Waals surface area (Å²) in [7, 11) is 0. The minimum atomic E-state index is -0.760. The van der Waals surface area contributed by atoms with Gasteiger partial charge in [-0.3, -0.25) is 14.4 Å².